The van der Waals surface area contributed by atoms with Crippen LogP contribution in [0, 0.1) is 0 Å². The molecule has 0 saturated heterocycles. The average Bonchev–Trinajstić information content (AvgIpc) is 3.73. The Balaban J connectivity index is 1.96. The van der Waals surface area contributed by atoms with Crippen LogP contribution in [0.2, 0.25) is 5.02 Å². The van der Waals surface area contributed by atoms with Crippen molar-refractivity contribution in [1.29, 1.82) is 0 Å². The second kappa shape index (κ2) is 14.5. The Labute approximate surface area is 247 Å². The molecule has 1 fully saturated rings. The van der Waals surface area contributed by atoms with Crippen molar-refractivity contribution < 1.29 is 33.3 Å². The molecule has 1 unspecified atom stereocenters. The zero-order chi connectivity index (χ0) is 30.2. The van der Waals surface area contributed by atoms with E-state index in [9.17, 15) is 14.4 Å². The summed E-state index contributed by atoms with van der Waals surface area (Å²) in [6, 6.07) is 10.4. The minimum absolute atomic E-state index is 0.196. The summed E-state index contributed by atoms with van der Waals surface area (Å²) in [7, 11) is 0. The monoisotopic (exact) mass is 588 g/mol. The van der Waals surface area contributed by atoms with Gasteiger partial charge in [0, 0.05) is 12.1 Å². The topological polar surface area (TPSA) is 103 Å². The zero-order valence-electron chi connectivity index (χ0n) is 24.8. The van der Waals surface area contributed by atoms with Gasteiger partial charge in [-0.05, 0) is 66.0 Å². The van der Waals surface area contributed by atoms with E-state index in [0.29, 0.717) is 30.8 Å². The van der Waals surface area contributed by atoms with E-state index >= 15 is 0 Å². The number of hydrogen-bond acceptors (Lipinski definition) is 7. The molecule has 2 aromatic rings. The zero-order valence-corrected chi connectivity index (χ0v) is 25.5. The molecular weight excluding hydrogens is 548 g/mol. The van der Waals surface area contributed by atoms with Crippen LogP contribution in [0.15, 0.2) is 36.4 Å². The van der Waals surface area contributed by atoms with Gasteiger partial charge in [0.2, 0.25) is 0 Å². The van der Waals surface area contributed by atoms with E-state index in [-0.39, 0.29) is 54.6 Å². The minimum atomic E-state index is -1.04. The largest absolute Gasteiger partial charge is 0.493 e. The highest BCUT2D eigenvalue weighted by Gasteiger charge is 2.53. The van der Waals surface area contributed by atoms with Gasteiger partial charge < -0.3 is 29.2 Å². The van der Waals surface area contributed by atoms with Gasteiger partial charge in [0.1, 0.15) is 16.9 Å². The Morgan fingerprint density at radius 1 is 1.02 bits per heavy atom. The molecule has 1 aliphatic rings. The number of benzene rings is 2. The van der Waals surface area contributed by atoms with Gasteiger partial charge in [-0.3, -0.25) is 4.79 Å². The van der Waals surface area contributed by atoms with Gasteiger partial charge in [0.05, 0.1) is 43.6 Å². The molecule has 41 heavy (non-hydrogen) atoms. The molecule has 1 aliphatic carbocycles. The molecule has 0 aliphatic heterocycles. The van der Waals surface area contributed by atoms with Crippen LogP contribution in [0.5, 0.6) is 11.5 Å². The van der Waals surface area contributed by atoms with Crippen molar-refractivity contribution in [2.75, 3.05) is 33.0 Å². The van der Waals surface area contributed by atoms with Gasteiger partial charge >= 0.3 is 12.0 Å². The van der Waals surface area contributed by atoms with Crippen LogP contribution < -0.4 is 14.8 Å². The lowest BCUT2D eigenvalue weighted by atomic mass is 10.00. The third kappa shape index (κ3) is 7.71. The first kappa shape index (κ1) is 32.2. The molecule has 0 radical (unpaired) electrons. The Morgan fingerprint density at radius 2 is 1.68 bits per heavy atom. The highest BCUT2D eigenvalue weighted by molar-refractivity contribution is 6.33. The maximum atomic E-state index is 13.8. The number of carbonyl (C=O) groups is 3. The van der Waals surface area contributed by atoms with Gasteiger partial charge in [0.25, 0.3) is 0 Å². The molecule has 2 aromatic carbocycles. The quantitative estimate of drug-likeness (QED) is 0.193. The molecule has 3 rings (SSSR count). The molecule has 10 heteroatoms. The smallest absolute Gasteiger partial charge is 0.331 e. The number of ether oxygens (including phenoxy) is 4. The van der Waals surface area contributed by atoms with Crippen molar-refractivity contribution in [1.82, 2.24) is 10.2 Å². The molecule has 9 nitrogen and oxygen atoms in total. The SMILES string of the molecule is CCOC(=O)C1(NC(=O)N(CCO[C@@H](C)c2ccccc2)C(C)c2cc(OCC)c(C(C)=O)c(OCC)c2Cl)CC1. The fraction of sp³-hybridized carbons (Fsp3) is 0.516. The van der Waals surface area contributed by atoms with Crippen molar-refractivity contribution in [2.24, 2.45) is 0 Å². The first-order valence-corrected chi connectivity index (χ1v) is 14.5. The highest BCUT2D eigenvalue weighted by Crippen LogP contribution is 2.43. The second-order valence-corrected chi connectivity index (χ2v) is 10.3. The van der Waals surface area contributed by atoms with Crippen LogP contribution in [-0.4, -0.2) is 61.2 Å². The van der Waals surface area contributed by atoms with Crippen molar-refractivity contribution in [3.8, 4) is 11.5 Å². The summed E-state index contributed by atoms with van der Waals surface area (Å²) in [5, 5.41) is 3.12. The maximum absolute atomic E-state index is 13.8. The number of nitrogens with one attached hydrogen (secondary N) is 1. The lowest BCUT2D eigenvalue weighted by Gasteiger charge is -2.33. The van der Waals surface area contributed by atoms with Crippen molar-refractivity contribution in [3.05, 3.63) is 58.1 Å². The Hall–Kier alpha value is -3.30. The number of nitrogens with zero attached hydrogens (tertiary/aromatic N) is 1. The molecule has 2 atom stereocenters. The van der Waals surface area contributed by atoms with E-state index < -0.39 is 23.6 Å². The molecule has 224 valence electrons. The standard InChI is InChI=1S/C31H41ClN2O7/c1-7-38-25-19-24(27(32)28(39-8-2)26(25)21(5)35)20(4)34(17-18-41-22(6)23-13-11-10-12-14-23)30(37)33-31(15-16-31)29(36)40-9-3/h10-14,19-20,22H,7-9,15-18H2,1-6H3,(H,33,37)/t20?,22-/m0/s1. The van der Waals surface area contributed by atoms with Gasteiger partial charge in [0.15, 0.2) is 11.5 Å². The number of halogens is 1. The average molecular weight is 589 g/mol. The second-order valence-electron chi connectivity index (χ2n) is 9.93. The Morgan fingerprint density at radius 3 is 2.24 bits per heavy atom. The lowest BCUT2D eigenvalue weighted by molar-refractivity contribution is -0.146. The normalized spacial score (nSPS) is 14.9. The van der Waals surface area contributed by atoms with E-state index in [0.717, 1.165) is 5.56 Å². The summed E-state index contributed by atoms with van der Waals surface area (Å²) in [5.74, 6) is -0.153. The van der Waals surface area contributed by atoms with Crippen molar-refractivity contribution in [3.63, 3.8) is 0 Å². The number of ketones is 1. The first-order chi connectivity index (χ1) is 19.6. The molecule has 0 spiro atoms. The van der Waals surface area contributed by atoms with Gasteiger partial charge in [-0.15, -0.1) is 0 Å². The molecular formula is C31H41ClN2O7. The summed E-state index contributed by atoms with van der Waals surface area (Å²) in [6.07, 6.45) is 0.801. The number of esters is 1. The van der Waals surface area contributed by atoms with E-state index in [1.54, 1.807) is 24.8 Å². The number of amides is 2. The minimum Gasteiger partial charge on any atom is -0.493 e. The van der Waals surface area contributed by atoms with Crippen LogP contribution in [-0.2, 0) is 14.3 Å². The van der Waals surface area contributed by atoms with Crippen LogP contribution in [0.25, 0.3) is 0 Å². The van der Waals surface area contributed by atoms with E-state index in [1.807, 2.05) is 51.1 Å². The maximum Gasteiger partial charge on any atom is 0.331 e. The van der Waals surface area contributed by atoms with E-state index in [1.165, 1.54) is 6.92 Å². The number of rotatable bonds is 15. The fourth-order valence-corrected chi connectivity index (χ4v) is 5.02. The Kier molecular flexibility index (Phi) is 11.4. The molecule has 1 saturated carbocycles. The lowest BCUT2D eigenvalue weighted by Crippen LogP contribution is -2.51. The summed E-state index contributed by atoms with van der Waals surface area (Å²) in [6.45, 7) is 11.8. The third-order valence-electron chi connectivity index (χ3n) is 7.06. The fourth-order valence-electron chi connectivity index (χ4n) is 4.65. The first-order valence-electron chi connectivity index (χ1n) is 14.2. The van der Waals surface area contributed by atoms with Gasteiger partial charge in [-0.25, -0.2) is 9.59 Å². The Bertz CT molecular complexity index is 1220. The van der Waals surface area contributed by atoms with Crippen LogP contribution in [0.3, 0.4) is 0 Å². The van der Waals surface area contributed by atoms with E-state index in [4.69, 9.17) is 30.5 Å². The predicted molar refractivity (Wildman–Crippen MR) is 157 cm³/mol. The summed E-state index contributed by atoms with van der Waals surface area (Å²) >= 11 is 6.86. The molecule has 2 amide bonds. The number of Topliss-reactive ketones (excluding diaryl/α,β-unsaturated/α-hetero) is 1. The number of carbonyl (C=O) groups excluding carboxylic acids is 3. The molecule has 0 aromatic heterocycles. The van der Waals surface area contributed by atoms with Gasteiger partial charge in [-0.1, -0.05) is 41.9 Å². The third-order valence-corrected chi connectivity index (χ3v) is 7.45. The summed E-state index contributed by atoms with van der Waals surface area (Å²) in [4.78, 5) is 40.5. The van der Waals surface area contributed by atoms with Crippen molar-refractivity contribution in [2.45, 2.75) is 72.1 Å². The van der Waals surface area contributed by atoms with Crippen LogP contribution in [0.1, 0.15) is 88.0 Å². The van der Waals surface area contributed by atoms with Crippen molar-refractivity contribution >= 4 is 29.4 Å². The molecule has 1 N–H and O–H groups in total. The van der Waals surface area contributed by atoms with E-state index in [2.05, 4.69) is 5.32 Å². The molecule has 0 heterocycles. The number of hydrogen-bond donors (Lipinski definition) is 1. The van der Waals surface area contributed by atoms with Crippen LogP contribution >= 0.6 is 11.6 Å². The summed E-state index contributed by atoms with van der Waals surface area (Å²) < 4.78 is 22.9. The van der Waals surface area contributed by atoms with Crippen LogP contribution in [0.4, 0.5) is 4.79 Å². The molecule has 0 bridgehead atoms. The van der Waals surface area contributed by atoms with Gasteiger partial charge in [-0.2, -0.15) is 0 Å². The highest BCUT2D eigenvalue weighted by atomic mass is 35.5. The predicted octanol–water partition coefficient (Wildman–Crippen LogP) is 6.29. The number of urea groups is 1. The summed E-state index contributed by atoms with van der Waals surface area (Å²) in [5.41, 5.74) is 0.764.